The second-order valence-electron chi connectivity index (χ2n) is 4.41. The average molecular weight is 324 g/mol. The highest BCUT2D eigenvalue weighted by Crippen LogP contribution is 2.38. The molecule has 0 spiro atoms. The van der Waals surface area contributed by atoms with E-state index in [0.717, 1.165) is 28.0 Å². The number of nitro groups is 1. The van der Waals surface area contributed by atoms with Crippen LogP contribution < -0.4 is 5.32 Å². The summed E-state index contributed by atoms with van der Waals surface area (Å²) < 4.78 is 0.854. The maximum Gasteiger partial charge on any atom is 0.269 e. The van der Waals surface area contributed by atoms with Crippen LogP contribution in [0.2, 0.25) is 0 Å². The Bertz CT molecular complexity index is 618. The number of nitro benzene ring substituents is 1. The molecule has 0 saturated carbocycles. The summed E-state index contributed by atoms with van der Waals surface area (Å²) in [6, 6.07) is 6.70. The second kappa shape index (κ2) is 7.37. The molecule has 0 aliphatic carbocycles. The summed E-state index contributed by atoms with van der Waals surface area (Å²) in [5, 5.41) is 23.1. The van der Waals surface area contributed by atoms with Crippen LogP contribution in [-0.4, -0.2) is 21.7 Å². The molecule has 0 saturated heterocycles. The van der Waals surface area contributed by atoms with Crippen molar-refractivity contribution < 1.29 is 4.92 Å². The Hall–Kier alpha value is -1.67. The summed E-state index contributed by atoms with van der Waals surface area (Å²) in [6.45, 7) is 4.97. The number of thioether (sulfide) groups is 1. The molecule has 0 fully saturated rings. The second-order valence-corrected chi connectivity index (χ2v) is 6.98. The Balaban J connectivity index is 2.03. The molecule has 112 valence electrons. The lowest BCUT2D eigenvalue weighted by Crippen LogP contribution is -1.98. The van der Waals surface area contributed by atoms with E-state index in [4.69, 9.17) is 0 Å². The van der Waals surface area contributed by atoms with E-state index < -0.39 is 0 Å². The number of nitrogens with one attached hydrogen (secondary N) is 1. The molecule has 21 heavy (non-hydrogen) atoms. The number of nitrogens with zero attached hydrogens (tertiary/aromatic N) is 3. The first kappa shape index (κ1) is 15.7. The van der Waals surface area contributed by atoms with Crippen LogP contribution in [0.25, 0.3) is 0 Å². The van der Waals surface area contributed by atoms with Gasteiger partial charge in [0.2, 0.25) is 5.13 Å². The minimum absolute atomic E-state index is 0.0804. The van der Waals surface area contributed by atoms with Gasteiger partial charge in [-0.3, -0.25) is 10.1 Å². The van der Waals surface area contributed by atoms with Gasteiger partial charge in [-0.15, -0.1) is 10.2 Å². The van der Waals surface area contributed by atoms with Crippen LogP contribution in [0.3, 0.4) is 0 Å². The summed E-state index contributed by atoms with van der Waals surface area (Å²) in [6.07, 6.45) is 1.03. The Kier molecular flexibility index (Phi) is 5.51. The van der Waals surface area contributed by atoms with Crippen molar-refractivity contribution in [1.82, 2.24) is 10.2 Å². The summed E-state index contributed by atoms with van der Waals surface area (Å²) in [5.74, 6) is 0. The summed E-state index contributed by atoms with van der Waals surface area (Å²) in [5.41, 5.74) is 1.02. The predicted octanol–water partition coefficient (Wildman–Crippen LogP) is 4.12. The van der Waals surface area contributed by atoms with E-state index in [9.17, 15) is 10.1 Å². The highest BCUT2D eigenvalue weighted by atomic mass is 32.2. The minimum atomic E-state index is -0.376. The van der Waals surface area contributed by atoms with Crippen molar-refractivity contribution in [3.05, 3.63) is 39.9 Å². The minimum Gasteiger partial charge on any atom is -0.360 e. The van der Waals surface area contributed by atoms with Crippen molar-refractivity contribution in [2.24, 2.45) is 0 Å². The lowest BCUT2D eigenvalue weighted by molar-refractivity contribution is -0.384. The molecule has 1 atom stereocenters. The normalized spacial score (nSPS) is 12.1. The largest absolute Gasteiger partial charge is 0.360 e. The number of hydrogen-bond acceptors (Lipinski definition) is 7. The fourth-order valence-electron chi connectivity index (χ4n) is 1.67. The molecule has 0 aliphatic heterocycles. The van der Waals surface area contributed by atoms with E-state index in [-0.39, 0.29) is 15.9 Å². The van der Waals surface area contributed by atoms with Gasteiger partial charge in [0, 0.05) is 23.9 Å². The highest BCUT2D eigenvalue weighted by molar-refractivity contribution is 8.01. The zero-order chi connectivity index (χ0) is 15.2. The standard InChI is InChI=1S/C13H16N4O2S2/c1-3-7-14-12-15-16-13(21-12)20-9(2)10-5-4-6-11(8-10)17(18)19/h4-6,8-9H,3,7H2,1-2H3,(H,14,15). The van der Waals surface area contributed by atoms with Gasteiger partial charge in [0.05, 0.1) is 4.92 Å². The third kappa shape index (κ3) is 4.40. The van der Waals surface area contributed by atoms with Crippen molar-refractivity contribution in [2.75, 3.05) is 11.9 Å². The first-order valence-corrected chi connectivity index (χ1v) is 8.28. The first-order valence-electron chi connectivity index (χ1n) is 6.58. The van der Waals surface area contributed by atoms with Gasteiger partial charge in [-0.2, -0.15) is 0 Å². The monoisotopic (exact) mass is 324 g/mol. The Morgan fingerprint density at radius 2 is 2.29 bits per heavy atom. The maximum atomic E-state index is 10.8. The smallest absolute Gasteiger partial charge is 0.269 e. The van der Waals surface area contributed by atoms with Crippen LogP contribution in [0.15, 0.2) is 28.6 Å². The van der Waals surface area contributed by atoms with Crippen molar-refractivity contribution in [3.63, 3.8) is 0 Å². The fourth-order valence-corrected chi connectivity index (χ4v) is 3.71. The zero-order valence-electron chi connectivity index (χ0n) is 11.8. The summed E-state index contributed by atoms with van der Waals surface area (Å²) >= 11 is 3.06. The molecular weight excluding hydrogens is 308 g/mol. The molecule has 0 bridgehead atoms. The fraction of sp³-hybridized carbons (Fsp3) is 0.385. The van der Waals surface area contributed by atoms with Gasteiger partial charge in [-0.05, 0) is 18.9 Å². The van der Waals surface area contributed by atoms with Gasteiger partial charge in [0.25, 0.3) is 5.69 Å². The van der Waals surface area contributed by atoms with Crippen molar-refractivity contribution in [3.8, 4) is 0 Å². The molecule has 1 N–H and O–H groups in total. The molecule has 8 heteroatoms. The van der Waals surface area contributed by atoms with Gasteiger partial charge < -0.3 is 5.32 Å². The van der Waals surface area contributed by atoms with Crippen LogP contribution in [0.5, 0.6) is 0 Å². The van der Waals surface area contributed by atoms with Gasteiger partial charge in [0.15, 0.2) is 4.34 Å². The molecule has 2 rings (SSSR count). The van der Waals surface area contributed by atoms with Crippen LogP contribution in [-0.2, 0) is 0 Å². The van der Waals surface area contributed by atoms with Gasteiger partial charge in [-0.1, -0.05) is 42.2 Å². The van der Waals surface area contributed by atoms with Crippen LogP contribution >= 0.6 is 23.1 Å². The number of non-ortho nitro benzene ring substituents is 1. The number of benzene rings is 1. The summed E-state index contributed by atoms with van der Waals surface area (Å²) in [4.78, 5) is 10.4. The van der Waals surface area contributed by atoms with Gasteiger partial charge in [0.1, 0.15) is 0 Å². The van der Waals surface area contributed by atoms with Gasteiger partial charge >= 0.3 is 0 Å². The summed E-state index contributed by atoms with van der Waals surface area (Å²) in [7, 11) is 0. The molecule has 1 unspecified atom stereocenters. The lowest BCUT2D eigenvalue weighted by atomic mass is 10.1. The highest BCUT2D eigenvalue weighted by Gasteiger charge is 2.14. The van der Waals surface area contributed by atoms with Crippen LogP contribution in [0, 0.1) is 10.1 Å². The molecular formula is C13H16N4O2S2. The third-order valence-corrected chi connectivity index (χ3v) is 4.88. The SMILES string of the molecule is CCCNc1nnc(SC(C)c2cccc([N+](=O)[O-])c2)s1. The van der Waals surface area contributed by atoms with E-state index in [1.165, 1.54) is 17.4 Å². The molecule has 0 aliphatic rings. The Morgan fingerprint density at radius 1 is 1.48 bits per heavy atom. The molecule has 1 aromatic heterocycles. The number of anilines is 1. The van der Waals surface area contributed by atoms with E-state index in [1.807, 2.05) is 13.0 Å². The molecule has 6 nitrogen and oxygen atoms in total. The van der Waals surface area contributed by atoms with Crippen LogP contribution in [0.4, 0.5) is 10.8 Å². The van der Waals surface area contributed by atoms with E-state index in [2.05, 4.69) is 22.4 Å². The van der Waals surface area contributed by atoms with Crippen molar-refractivity contribution >= 4 is 33.9 Å². The Labute approximate surface area is 131 Å². The van der Waals surface area contributed by atoms with E-state index >= 15 is 0 Å². The van der Waals surface area contributed by atoms with E-state index in [0.29, 0.717) is 0 Å². The Morgan fingerprint density at radius 3 is 3.00 bits per heavy atom. The quantitative estimate of drug-likeness (QED) is 0.469. The number of rotatable bonds is 7. The van der Waals surface area contributed by atoms with Crippen molar-refractivity contribution in [1.29, 1.82) is 0 Å². The molecule has 1 heterocycles. The molecule has 2 aromatic rings. The lowest BCUT2D eigenvalue weighted by Gasteiger charge is -2.08. The van der Waals surface area contributed by atoms with Gasteiger partial charge in [-0.25, -0.2) is 0 Å². The molecule has 1 aromatic carbocycles. The molecule has 0 radical (unpaired) electrons. The zero-order valence-corrected chi connectivity index (χ0v) is 13.4. The van der Waals surface area contributed by atoms with E-state index in [1.54, 1.807) is 23.9 Å². The average Bonchev–Trinajstić information content (AvgIpc) is 2.92. The number of hydrogen-bond donors (Lipinski definition) is 1. The van der Waals surface area contributed by atoms with Crippen LogP contribution in [0.1, 0.15) is 31.1 Å². The number of aromatic nitrogens is 2. The molecule has 0 amide bonds. The predicted molar refractivity (Wildman–Crippen MR) is 86.1 cm³/mol. The topological polar surface area (TPSA) is 81.0 Å². The third-order valence-electron chi connectivity index (χ3n) is 2.76. The maximum absolute atomic E-state index is 10.8. The van der Waals surface area contributed by atoms with Crippen molar-refractivity contribution in [2.45, 2.75) is 29.9 Å². The first-order chi connectivity index (χ1) is 10.1.